The highest BCUT2D eigenvalue weighted by atomic mass is 28.3. The Hall–Kier alpha value is -2.97. The fourth-order valence-corrected chi connectivity index (χ4v) is 11.7. The molecular weight excluding hydrogens is 390 g/mol. The molecule has 0 saturated carbocycles. The largest absolute Gasteiger partial charge is 0.215 e. The third-order valence-electron chi connectivity index (χ3n) is 7.25. The lowest BCUT2D eigenvalue weighted by molar-refractivity contribution is -0.660. The van der Waals surface area contributed by atoms with Crippen LogP contribution in [0.2, 0.25) is 0 Å². The molecule has 0 saturated heterocycles. The third-order valence-corrected chi connectivity index (χ3v) is 12.3. The van der Waals surface area contributed by atoms with Gasteiger partial charge in [0, 0.05) is 24.9 Å². The molecule has 1 unspecified atom stereocenters. The van der Waals surface area contributed by atoms with Crippen LogP contribution in [-0.4, -0.2) is 8.07 Å². The fourth-order valence-electron chi connectivity index (χ4n) is 5.99. The predicted molar refractivity (Wildman–Crippen MR) is 132 cm³/mol. The van der Waals surface area contributed by atoms with Gasteiger partial charge in [-0.2, -0.15) is 0 Å². The third kappa shape index (κ3) is 2.09. The lowest BCUT2D eigenvalue weighted by atomic mass is 9.90. The van der Waals surface area contributed by atoms with E-state index in [2.05, 4.69) is 24.3 Å². The minimum atomic E-state index is -3.81. The van der Waals surface area contributed by atoms with Crippen molar-refractivity contribution in [3.05, 3.63) is 95.7 Å². The molecule has 6 rings (SSSR count). The second kappa shape index (κ2) is 6.05. The number of aromatic nitrogens is 1. The zero-order valence-electron chi connectivity index (χ0n) is 24.0. The van der Waals surface area contributed by atoms with E-state index in [0.29, 0.717) is 11.3 Å². The lowest BCUT2D eigenvalue weighted by Crippen LogP contribution is -2.77. The zero-order chi connectivity index (χ0) is 26.5. The molecule has 3 aromatic carbocycles. The second-order valence-corrected chi connectivity index (χ2v) is 12.8. The first-order valence-corrected chi connectivity index (χ1v) is 12.7. The topological polar surface area (TPSA) is 3.88 Å². The maximum absolute atomic E-state index is 9.15. The minimum absolute atomic E-state index is 0.398. The first-order valence-electron chi connectivity index (χ1n) is 13.7. The SMILES string of the molecule is [2H]C([2H])([2H])C1(C([2H])([2H])[2H])c2ccc[n+](C)c2-c2c(C)ccc3c2[Si]1(c1ccccc1)c1cc(C)ccc1-3. The second-order valence-electron chi connectivity index (χ2n) is 8.98. The molecule has 2 aliphatic rings. The summed E-state index contributed by atoms with van der Waals surface area (Å²) in [5.41, 5.74) is 5.97. The number of nitrogens with zero attached hydrogens (tertiary/aromatic N) is 1. The molecule has 0 spiro atoms. The number of aryl methyl sites for hydroxylation is 3. The van der Waals surface area contributed by atoms with Crippen LogP contribution in [0.25, 0.3) is 22.4 Å². The van der Waals surface area contributed by atoms with E-state index >= 15 is 0 Å². The van der Waals surface area contributed by atoms with Crippen molar-refractivity contribution in [1.29, 1.82) is 0 Å². The molecule has 3 heterocycles. The van der Waals surface area contributed by atoms with Crippen molar-refractivity contribution in [2.75, 3.05) is 0 Å². The smallest absolute Gasteiger partial charge is 0.201 e. The Morgan fingerprint density at radius 3 is 2.42 bits per heavy atom. The number of hydrogen-bond acceptors (Lipinski definition) is 0. The normalized spacial score (nSPS) is 23.2. The van der Waals surface area contributed by atoms with Gasteiger partial charge in [0.1, 0.15) is 7.05 Å². The minimum Gasteiger partial charge on any atom is -0.201 e. The van der Waals surface area contributed by atoms with Gasteiger partial charge in [0.25, 0.3) is 0 Å². The van der Waals surface area contributed by atoms with E-state index in [1.54, 1.807) is 12.1 Å². The molecule has 152 valence electrons. The van der Waals surface area contributed by atoms with Crippen LogP contribution in [0.15, 0.2) is 79.0 Å². The summed E-state index contributed by atoms with van der Waals surface area (Å²) in [6.07, 6.45) is 1.88. The van der Waals surface area contributed by atoms with Crippen molar-refractivity contribution in [1.82, 2.24) is 0 Å². The number of rotatable bonds is 1. The van der Waals surface area contributed by atoms with E-state index < -0.39 is 26.8 Å². The van der Waals surface area contributed by atoms with E-state index in [0.717, 1.165) is 43.4 Å². The number of fused-ring (bicyclic) bond motifs is 5. The Labute approximate surface area is 194 Å². The molecule has 0 aliphatic carbocycles. The summed E-state index contributed by atoms with van der Waals surface area (Å²) in [5, 5.41) is 0.500. The van der Waals surface area contributed by atoms with Crippen molar-refractivity contribution in [3.63, 3.8) is 0 Å². The van der Waals surface area contributed by atoms with Crippen LogP contribution in [0.5, 0.6) is 0 Å². The van der Waals surface area contributed by atoms with Crippen LogP contribution in [0, 0.1) is 13.8 Å². The van der Waals surface area contributed by atoms with E-state index in [4.69, 9.17) is 8.22 Å². The number of hydrogen-bond donors (Lipinski definition) is 0. The molecule has 2 aliphatic heterocycles. The Kier molecular flexibility index (Phi) is 2.62. The highest BCUT2D eigenvalue weighted by Gasteiger charge is 2.62. The number of benzene rings is 3. The quantitative estimate of drug-likeness (QED) is 0.320. The maximum atomic E-state index is 9.15. The van der Waals surface area contributed by atoms with Gasteiger partial charge in [0.05, 0.1) is 5.56 Å². The summed E-state index contributed by atoms with van der Waals surface area (Å²) in [4.78, 5) is 0. The van der Waals surface area contributed by atoms with Crippen LogP contribution in [0.4, 0.5) is 0 Å². The molecule has 0 fully saturated rings. The van der Waals surface area contributed by atoms with Gasteiger partial charge in [-0.05, 0) is 52.2 Å². The molecule has 0 bridgehead atoms. The van der Waals surface area contributed by atoms with Gasteiger partial charge in [-0.15, -0.1) is 0 Å². The standard InChI is InChI=1S/C29H28NSi/c1-19-13-15-22-23-16-14-20(2)26-27-24(12-9-17-30(27)5)29(3,4)31(28(23)26,25(22)18-19)21-10-7-6-8-11-21/h6-18H,1-5H3/q+1/i3D3,4D3. The molecule has 1 nitrogen and oxygen atoms in total. The molecular formula is C29H28NSi+. The summed E-state index contributed by atoms with van der Waals surface area (Å²) in [6, 6.07) is 23.5. The number of pyridine rings is 1. The molecule has 4 aromatic rings. The maximum Gasteiger partial charge on any atom is 0.215 e. The monoisotopic (exact) mass is 424 g/mol. The van der Waals surface area contributed by atoms with Gasteiger partial charge in [0.2, 0.25) is 5.69 Å². The van der Waals surface area contributed by atoms with Crippen molar-refractivity contribution in [2.45, 2.75) is 32.6 Å². The van der Waals surface area contributed by atoms with Crippen molar-refractivity contribution >= 4 is 23.6 Å². The van der Waals surface area contributed by atoms with Crippen LogP contribution >= 0.6 is 0 Å². The molecule has 0 amide bonds. The Morgan fingerprint density at radius 2 is 1.65 bits per heavy atom. The average molecular weight is 425 g/mol. The predicted octanol–water partition coefficient (Wildman–Crippen LogP) is 4.08. The summed E-state index contributed by atoms with van der Waals surface area (Å²) in [7, 11) is -1.93. The first kappa shape index (κ1) is 13.4. The van der Waals surface area contributed by atoms with Crippen molar-refractivity contribution < 1.29 is 12.8 Å². The van der Waals surface area contributed by atoms with Gasteiger partial charge in [-0.25, -0.2) is 4.57 Å². The van der Waals surface area contributed by atoms with Gasteiger partial charge < -0.3 is 0 Å². The van der Waals surface area contributed by atoms with Gasteiger partial charge in [-0.1, -0.05) is 79.9 Å². The molecule has 0 N–H and O–H groups in total. The fraction of sp³-hybridized carbons (Fsp3) is 0.207. The highest BCUT2D eigenvalue weighted by Crippen LogP contribution is 2.48. The van der Waals surface area contributed by atoms with Crippen LogP contribution in [-0.2, 0) is 12.1 Å². The van der Waals surface area contributed by atoms with Gasteiger partial charge in [0.15, 0.2) is 14.3 Å². The Balaban J connectivity index is 2.03. The summed E-state index contributed by atoms with van der Waals surface area (Å²) in [6.45, 7) is -1.62. The molecule has 0 radical (unpaired) electrons. The van der Waals surface area contributed by atoms with Crippen LogP contribution in [0.1, 0.15) is 38.6 Å². The average Bonchev–Trinajstić information content (AvgIpc) is 3.10. The molecule has 2 heteroatoms. The molecule has 1 atom stereocenters. The highest BCUT2D eigenvalue weighted by molar-refractivity contribution is 7.16. The van der Waals surface area contributed by atoms with Crippen LogP contribution < -0.4 is 20.1 Å². The van der Waals surface area contributed by atoms with E-state index in [-0.39, 0.29) is 0 Å². The Bertz CT molecular complexity index is 1570. The van der Waals surface area contributed by atoms with E-state index in [1.165, 1.54) is 0 Å². The lowest BCUT2D eigenvalue weighted by Gasteiger charge is -2.48. The van der Waals surface area contributed by atoms with Crippen molar-refractivity contribution in [3.8, 4) is 22.4 Å². The summed E-state index contributed by atoms with van der Waals surface area (Å²) >= 11 is 0. The molecule has 31 heavy (non-hydrogen) atoms. The summed E-state index contributed by atoms with van der Waals surface area (Å²) in [5.74, 6) is 0. The van der Waals surface area contributed by atoms with Crippen molar-refractivity contribution in [2.24, 2.45) is 7.05 Å². The van der Waals surface area contributed by atoms with E-state index in [1.807, 2.05) is 68.1 Å². The first-order chi connectivity index (χ1) is 17.4. The van der Waals surface area contributed by atoms with E-state index in [9.17, 15) is 0 Å². The van der Waals surface area contributed by atoms with Gasteiger partial charge in [-0.3, -0.25) is 0 Å². The zero-order valence-corrected chi connectivity index (χ0v) is 19.0. The Morgan fingerprint density at radius 1 is 0.871 bits per heavy atom. The molecule has 1 aromatic heterocycles. The summed E-state index contributed by atoms with van der Waals surface area (Å²) < 4.78 is 56.8. The van der Waals surface area contributed by atoms with Crippen LogP contribution in [0.3, 0.4) is 0 Å². The van der Waals surface area contributed by atoms with Gasteiger partial charge >= 0.3 is 0 Å².